The highest BCUT2D eigenvalue weighted by atomic mass is 16.2. The first-order chi connectivity index (χ1) is 9.59. The molecule has 3 rings (SSSR count). The van der Waals surface area contributed by atoms with E-state index in [1.165, 1.54) is 4.90 Å². The average Bonchev–Trinajstić information content (AvgIpc) is 2.93. The first kappa shape index (κ1) is 12.4. The number of anilines is 1. The van der Waals surface area contributed by atoms with E-state index in [0.29, 0.717) is 29.9 Å². The van der Waals surface area contributed by atoms with Gasteiger partial charge in [0, 0.05) is 31.2 Å². The zero-order valence-corrected chi connectivity index (χ0v) is 11.0. The molecule has 0 aliphatic carbocycles. The molecule has 2 amide bonds. The maximum atomic E-state index is 12.3. The van der Waals surface area contributed by atoms with Gasteiger partial charge >= 0.3 is 0 Å². The number of imide groups is 1. The van der Waals surface area contributed by atoms with Crippen LogP contribution in [0.3, 0.4) is 0 Å². The van der Waals surface area contributed by atoms with Gasteiger partial charge in [-0.15, -0.1) is 0 Å². The van der Waals surface area contributed by atoms with E-state index in [0.717, 1.165) is 5.82 Å². The summed E-state index contributed by atoms with van der Waals surface area (Å²) in [5.74, 6) is 0.247. The fraction of sp³-hybridized carbons (Fsp3) is 0.214. The number of nitrogens with zero attached hydrogens (tertiary/aromatic N) is 3. The van der Waals surface area contributed by atoms with Gasteiger partial charge in [-0.1, -0.05) is 6.07 Å². The Bertz CT molecular complexity index is 705. The van der Waals surface area contributed by atoms with Gasteiger partial charge in [-0.3, -0.25) is 14.5 Å². The number of rotatable bonds is 3. The van der Waals surface area contributed by atoms with Crippen molar-refractivity contribution in [1.82, 2.24) is 14.5 Å². The van der Waals surface area contributed by atoms with E-state index >= 15 is 0 Å². The number of benzene rings is 1. The Kier molecular flexibility index (Phi) is 2.78. The second-order valence-electron chi connectivity index (χ2n) is 4.70. The summed E-state index contributed by atoms with van der Waals surface area (Å²) in [7, 11) is 0. The highest BCUT2D eigenvalue weighted by Crippen LogP contribution is 2.27. The van der Waals surface area contributed by atoms with Gasteiger partial charge < -0.3 is 10.3 Å². The lowest BCUT2D eigenvalue weighted by Crippen LogP contribution is -2.33. The molecule has 1 aromatic heterocycles. The van der Waals surface area contributed by atoms with Crippen LogP contribution in [-0.2, 0) is 6.54 Å². The van der Waals surface area contributed by atoms with E-state index in [2.05, 4.69) is 4.98 Å². The fourth-order valence-electron chi connectivity index (χ4n) is 2.41. The van der Waals surface area contributed by atoms with Crippen LogP contribution in [0.15, 0.2) is 30.6 Å². The molecule has 2 heterocycles. The minimum atomic E-state index is -0.319. The molecule has 0 unspecified atom stereocenters. The van der Waals surface area contributed by atoms with Gasteiger partial charge in [-0.05, 0) is 19.1 Å². The zero-order valence-electron chi connectivity index (χ0n) is 11.0. The quantitative estimate of drug-likeness (QED) is 0.668. The lowest BCUT2D eigenvalue weighted by Gasteiger charge is -2.14. The molecule has 1 aliphatic rings. The number of amides is 2. The predicted octanol–water partition coefficient (Wildman–Crippen LogP) is 1.07. The van der Waals surface area contributed by atoms with Crippen molar-refractivity contribution in [2.45, 2.75) is 13.5 Å². The molecule has 20 heavy (non-hydrogen) atoms. The van der Waals surface area contributed by atoms with Crippen LogP contribution in [0.2, 0.25) is 0 Å². The number of nitrogens with two attached hydrogens (primary N) is 1. The van der Waals surface area contributed by atoms with Crippen LogP contribution in [0.25, 0.3) is 0 Å². The van der Waals surface area contributed by atoms with Gasteiger partial charge in [0.05, 0.1) is 11.1 Å². The Morgan fingerprint density at radius 2 is 2.00 bits per heavy atom. The van der Waals surface area contributed by atoms with Crippen LogP contribution in [0.5, 0.6) is 0 Å². The molecule has 6 heteroatoms. The summed E-state index contributed by atoms with van der Waals surface area (Å²) >= 11 is 0. The molecule has 2 aromatic rings. The van der Waals surface area contributed by atoms with Gasteiger partial charge in [0.25, 0.3) is 11.8 Å². The van der Waals surface area contributed by atoms with Crippen molar-refractivity contribution in [3.63, 3.8) is 0 Å². The van der Waals surface area contributed by atoms with Gasteiger partial charge in [0.15, 0.2) is 0 Å². The van der Waals surface area contributed by atoms with Crippen molar-refractivity contribution >= 4 is 17.5 Å². The Labute approximate surface area is 115 Å². The number of carbonyl (C=O) groups is 2. The Hall–Kier alpha value is -2.63. The molecule has 0 radical (unpaired) electrons. The van der Waals surface area contributed by atoms with Crippen molar-refractivity contribution in [2.24, 2.45) is 0 Å². The summed E-state index contributed by atoms with van der Waals surface area (Å²) in [5, 5.41) is 0. The zero-order chi connectivity index (χ0) is 14.3. The second-order valence-corrected chi connectivity index (χ2v) is 4.70. The number of fused-ring (bicyclic) bond motifs is 1. The monoisotopic (exact) mass is 270 g/mol. The maximum absolute atomic E-state index is 12.3. The van der Waals surface area contributed by atoms with E-state index in [4.69, 9.17) is 5.73 Å². The van der Waals surface area contributed by atoms with E-state index in [1.807, 2.05) is 17.7 Å². The van der Waals surface area contributed by atoms with E-state index in [1.54, 1.807) is 24.4 Å². The SMILES string of the molecule is Cc1nccn1CCN1C(=O)c2cccc(N)c2C1=O. The smallest absolute Gasteiger partial charge is 0.263 e. The molecule has 0 atom stereocenters. The van der Waals surface area contributed by atoms with Gasteiger partial charge in [0.2, 0.25) is 0 Å². The first-order valence-electron chi connectivity index (χ1n) is 6.32. The van der Waals surface area contributed by atoms with Crippen molar-refractivity contribution in [3.8, 4) is 0 Å². The number of nitrogen functional groups attached to an aromatic ring is 1. The van der Waals surface area contributed by atoms with Crippen molar-refractivity contribution in [2.75, 3.05) is 12.3 Å². The standard InChI is InChI=1S/C14H14N4O2/c1-9-16-5-6-17(9)7-8-18-13(19)10-3-2-4-11(15)12(10)14(18)20/h2-6H,7-8,15H2,1H3. The van der Waals surface area contributed by atoms with E-state index in [9.17, 15) is 9.59 Å². The Balaban J connectivity index is 1.84. The van der Waals surface area contributed by atoms with Gasteiger partial charge in [0.1, 0.15) is 5.82 Å². The Morgan fingerprint density at radius 3 is 2.65 bits per heavy atom. The molecule has 6 nitrogen and oxygen atoms in total. The molecule has 2 N–H and O–H groups in total. The van der Waals surface area contributed by atoms with Gasteiger partial charge in [-0.25, -0.2) is 4.98 Å². The third-order valence-electron chi connectivity index (χ3n) is 3.52. The molecule has 1 aliphatic heterocycles. The third-order valence-corrected chi connectivity index (χ3v) is 3.52. The number of hydrogen-bond donors (Lipinski definition) is 1. The van der Waals surface area contributed by atoms with Crippen LogP contribution in [0.1, 0.15) is 26.5 Å². The highest BCUT2D eigenvalue weighted by Gasteiger charge is 2.36. The molecule has 0 bridgehead atoms. The van der Waals surface area contributed by atoms with Crippen LogP contribution in [0.4, 0.5) is 5.69 Å². The molecule has 1 aromatic carbocycles. The number of hydrogen-bond acceptors (Lipinski definition) is 4. The largest absolute Gasteiger partial charge is 0.398 e. The highest BCUT2D eigenvalue weighted by molar-refractivity contribution is 6.23. The number of aromatic nitrogens is 2. The topological polar surface area (TPSA) is 81.2 Å². The normalized spacial score (nSPS) is 13.9. The summed E-state index contributed by atoms with van der Waals surface area (Å²) < 4.78 is 1.90. The van der Waals surface area contributed by atoms with Crippen LogP contribution < -0.4 is 5.73 Å². The first-order valence-corrected chi connectivity index (χ1v) is 6.32. The number of carbonyl (C=O) groups excluding carboxylic acids is 2. The summed E-state index contributed by atoms with van der Waals surface area (Å²) in [6.45, 7) is 2.71. The molecule has 0 fully saturated rings. The van der Waals surface area contributed by atoms with Gasteiger partial charge in [-0.2, -0.15) is 0 Å². The molecule has 0 spiro atoms. The summed E-state index contributed by atoms with van der Waals surface area (Å²) in [6.07, 6.45) is 3.51. The summed E-state index contributed by atoms with van der Waals surface area (Å²) in [6, 6.07) is 4.95. The molecular weight excluding hydrogens is 256 g/mol. The van der Waals surface area contributed by atoms with Crippen LogP contribution >= 0.6 is 0 Å². The summed E-state index contributed by atoms with van der Waals surface area (Å²) in [4.78, 5) is 29.8. The van der Waals surface area contributed by atoms with Crippen molar-refractivity contribution < 1.29 is 9.59 Å². The Morgan fingerprint density at radius 1 is 1.20 bits per heavy atom. The van der Waals surface area contributed by atoms with Crippen LogP contribution in [-0.4, -0.2) is 32.8 Å². The molecular formula is C14H14N4O2. The number of aryl methyl sites for hydroxylation is 1. The minimum absolute atomic E-state index is 0.282. The lowest BCUT2D eigenvalue weighted by molar-refractivity contribution is 0.0649. The molecule has 102 valence electrons. The summed E-state index contributed by atoms with van der Waals surface area (Å²) in [5.41, 5.74) is 6.84. The van der Waals surface area contributed by atoms with Crippen molar-refractivity contribution in [3.05, 3.63) is 47.5 Å². The minimum Gasteiger partial charge on any atom is -0.398 e. The third kappa shape index (κ3) is 1.77. The number of imidazole rings is 1. The second kappa shape index (κ2) is 4.48. The molecule has 0 saturated carbocycles. The van der Waals surface area contributed by atoms with E-state index < -0.39 is 0 Å². The fourth-order valence-corrected chi connectivity index (χ4v) is 2.41. The van der Waals surface area contributed by atoms with E-state index in [-0.39, 0.29) is 11.8 Å². The molecule has 0 saturated heterocycles. The average molecular weight is 270 g/mol. The maximum Gasteiger partial charge on any atom is 0.263 e. The predicted molar refractivity (Wildman–Crippen MR) is 73.2 cm³/mol. The lowest BCUT2D eigenvalue weighted by atomic mass is 10.1. The van der Waals surface area contributed by atoms with Crippen LogP contribution in [0, 0.1) is 6.92 Å². The van der Waals surface area contributed by atoms with Crippen molar-refractivity contribution in [1.29, 1.82) is 0 Å².